The number of hydrogen-bond acceptors (Lipinski definition) is 7. The van der Waals surface area contributed by atoms with E-state index in [0.717, 1.165) is 5.69 Å². The number of carbonyl (C=O) groups is 2. The minimum absolute atomic E-state index is 0.132. The van der Waals surface area contributed by atoms with E-state index in [9.17, 15) is 9.59 Å². The zero-order chi connectivity index (χ0) is 23.5. The number of nitrogens with one attached hydrogen (secondary N) is 2. The lowest BCUT2D eigenvalue weighted by molar-refractivity contribution is 0.0386. The molecular formula is C22H28N6O4. The molecule has 0 aliphatic carbocycles. The van der Waals surface area contributed by atoms with Crippen molar-refractivity contribution in [1.82, 2.24) is 24.7 Å². The number of carbonyl (C=O) groups excluding carboxylic acids is 2. The molecule has 3 aromatic heterocycles. The number of nitrogens with zero attached hydrogens (tertiary/aromatic N) is 4. The molecule has 0 bridgehead atoms. The number of rotatable bonds is 7. The van der Waals surface area contributed by atoms with Gasteiger partial charge in [0.2, 0.25) is 0 Å². The van der Waals surface area contributed by atoms with Gasteiger partial charge in [0.15, 0.2) is 0 Å². The third-order valence-electron chi connectivity index (χ3n) is 4.85. The average Bonchev–Trinajstić information content (AvgIpc) is 3.29. The van der Waals surface area contributed by atoms with Crippen LogP contribution in [0.25, 0.3) is 5.95 Å². The largest absolute Gasteiger partial charge is 0.460 e. The topological polar surface area (TPSA) is 124 Å². The number of H-pyrrole nitrogens is 1. The minimum atomic E-state index is -0.509. The summed E-state index contributed by atoms with van der Waals surface area (Å²) in [7, 11) is 1.53. The molecule has 0 radical (unpaired) electrons. The predicted molar refractivity (Wildman–Crippen MR) is 118 cm³/mol. The van der Waals surface area contributed by atoms with Gasteiger partial charge in [-0.05, 0) is 25.5 Å². The third-order valence-corrected chi connectivity index (χ3v) is 4.85. The molecule has 0 aliphatic rings. The number of methoxy groups -OCH3 is 1. The van der Waals surface area contributed by atoms with Crippen molar-refractivity contribution >= 4 is 17.7 Å². The second-order valence-electron chi connectivity index (χ2n) is 8.33. The van der Waals surface area contributed by atoms with E-state index in [4.69, 9.17) is 9.47 Å². The van der Waals surface area contributed by atoms with Crippen LogP contribution in [0, 0.1) is 13.8 Å². The van der Waals surface area contributed by atoms with Crippen LogP contribution in [0.15, 0.2) is 24.5 Å². The number of aryl methyl sites for hydroxylation is 1. The lowest BCUT2D eigenvalue weighted by Crippen LogP contribution is -2.18. The number of aromatic nitrogens is 5. The maximum absolute atomic E-state index is 13.1. The molecule has 10 heteroatoms. The fourth-order valence-corrected chi connectivity index (χ4v) is 3.14. The lowest BCUT2D eigenvalue weighted by atomic mass is 9.92. The van der Waals surface area contributed by atoms with Crippen LogP contribution in [0.5, 0.6) is 0 Å². The molecule has 0 saturated heterocycles. The fraction of sp³-hybridized carbons (Fsp3) is 0.409. The molecule has 3 aromatic rings. The second kappa shape index (κ2) is 9.31. The van der Waals surface area contributed by atoms with E-state index in [1.165, 1.54) is 11.8 Å². The molecule has 0 atom stereocenters. The quantitative estimate of drug-likeness (QED) is 0.427. The average molecular weight is 441 g/mol. The lowest BCUT2D eigenvalue weighted by Gasteiger charge is -2.13. The van der Waals surface area contributed by atoms with Gasteiger partial charge in [-0.3, -0.25) is 4.79 Å². The molecule has 3 heterocycles. The molecule has 1 amide bonds. The smallest absolute Gasteiger partial charge is 0.340 e. The first-order valence-corrected chi connectivity index (χ1v) is 10.2. The standard InChI is InChI=1S/C22H28N6O4/c1-13-17(20(30)32-11-10-31-6)14(2)25-18(13)19(29)26-16-12-15(22(3,4)5)27-28(16)21-23-8-7-9-24-21/h7-9,12,25H,10-11H2,1-6H3,(H,26,29). The minimum Gasteiger partial charge on any atom is -0.460 e. The van der Waals surface area contributed by atoms with Crippen molar-refractivity contribution in [2.75, 3.05) is 25.6 Å². The summed E-state index contributed by atoms with van der Waals surface area (Å²) < 4.78 is 11.6. The molecule has 0 unspecified atom stereocenters. The molecule has 0 spiro atoms. The first-order valence-electron chi connectivity index (χ1n) is 10.2. The van der Waals surface area contributed by atoms with Crippen molar-refractivity contribution in [2.45, 2.75) is 40.0 Å². The highest BCUT2D eigenvalue weighted by molar-refractivity contribution is 6.06. The van der Waals surface area contributed by atoms with E-state index in [1.807, 2.05) is 20.8 Å². The number of aromatic amines is 1. The zero-order valence-electron chi connectivity index (χ0n) is 19.1. The summed E-state index contributed by atoms with van der Waals surface area (Å²) >= 11 is 0. The highest BCUT2D eigenvalue weighted by Crippen LogP contribution is 2.26. The van der Waals surface area contributed by atoms with Crippen LogP contribution in [0.4, 0.5) is 5.82 Å². The van der Waals surface area contributed by atoms with Gasteiger partial charge in [0.25, 0.3) is 11.9 Å². The monoisotopic (exact) mass is 440 g/mol. The molecule has 170 valence electrons. The predicted octanol–water partition coefficient (Wildman–Crippen LogP) is 2.96. The van der Waals surface area contributed by atoms with Crippen LogP contribution in [-0.4, -0.2) is 56.9 Å². The molecule has 10 nitrogen and oxygen atoms in total. The van der Waals surface area contributed by atoms with Crippen LogP contribution in [0.2, 0.25) is 0 Å². The normalized spacial score (nSPS) is 11.4. The Morgan fingerprint density at radius 2 is 1.84 bits per heavy atom. The second-order valence-corrected chi connectivity index (χ2v) is 8.33. The Labute approximate surface area is 186 Å². The van der Waals surface area contributed by atoms with Gasteiger partial charge in [-0.2, -0.15) is 9.78 Å². The van der Waals surface area contributed by atoms with E-state index in [0.29, 0.717) is 35.2 Å². The molecule has 0 aliphatic heterocycles. The van der Waals surface area contributed by atoms with Gasteiger partial charge in [0.05, 0.1) is 17.9 Å². The number of ether oxygens (including phenoxy) is 2. The number of anilines is 1. The first-order chi connectivity index (χ1) is 15.1. The van der Waals surface area contributed by atoms with Gasteiger partial charge in [-0.25, -0.2) is 14.8 Å². The Morgan fingerprint density at radius 1 is 1.16 bits per heavy atom. The maximum atomic E-state index is 13.1. The van der Waals surface area contributed by atoms with E-state index < -0.39 is 11.9 Å². The summed E-state index contributed by atoms with van der Waals surface area (Å²) in [5.41, 5.74) is 2.16. The summed E-state index contributed by atoms with van der Waals surface area (Å²) in [6, 6.07) is 3.49. The summed E-state index contributed by atoms with van der Waals surface area (Å²) in [5, 5.41) is 7.46. The van der Waals surface area contributed by atoms with Gasteiger partial charge in [-0.15, -0.1) is 0 Å². The summed E-state index contributed by atoms with van der Waals surface area (Å²) in [6.45, 7) is 9.92. The van der Waals surface area contributed by atoms with E-state index >= 15 is 0 Å². The zero-order valence-corrected chi connectivity index (χ0v) is 19.1. The van der Waals surface area contributed by atoms with Crippen LogP contribution >= 0.6 is 0 Å². The van der Waals surface area contributed by atoms with Crippen LogP contribution in [0.1, 0.15) is 58.6 Å². The van der Waals surface area contributed by atoms with Crippen molar-refractivity contribution in [3.63, 3.8) is 0 Å². The molecule has 0 aromatic carbocycles. The van der Waals surface area contributed by atoms with Crippen molar-refractivity contribution in [3.8, 4) is 5.95 Å². The molecule has 3 rings (SSSR count). The summed E-state index contributed by atoms with van der Waals surface area (Å²) in [5.74, 6) is -0.175. The summed E-state index contributed by atoms with van der Waals surface area (Å²) in [6.07, 6.45) is 3.21. The number of hydrogen-bond donors (Lipinski definition) is 2. The van der Waals surface area contributed by atoms with Crippen molar-refractivity contribution in [2.24, 2.45) is 0 Å². The van der Waals surface area contributed by atoms with Crippen molar-refractivity contribution < 1.29 is 19.1 Å². The Bertz CT molecular complexity index is 1110. The molecular weight excluding hydrogens is 412 g/mol. The van der Waals surface area contributed by atoms with E-state index in [2.05, 4.69) is 25.4 Å². The third kappa shape index (κ3) is 4.86. The van der Waals surface area contributed by atoms with Crippen LogP contribution in [0.3, 0.4) is 0 Å². The van der Waals surface area contributed by atoms with E-state index in [1.54, 1.807) is 38.4 Å². The Hall–Kier alpha value is -3.53. The molecule has 32 heavy (non-hydrogen) atoms. The van der Waals surface area contributed by atoms with Crippen molar-refractivity contribution in [3.05, 3.63) is 52.7 Å². The molecule has 0 saturated carbocycles. The Kier molecular flexibility index (Phi) is 6.73. The Morgan fingerprint density at radius 3 is 2.47 bits per heavy atom. The fourth-order valence-electron chi connectivity index (χ4n) is 3.14. The molecule has 0 fully saturated rings. The van der Waals surface area contributed by atoms with Crippen LogP contribution in [-0.2, 0) is 14.9 Å². The van der Waals surface area contributed by atoms with Gasteiger partial charge >= 0.3 is 5.97 Å². The SMILES string of the molecule is COCCOC(=O)c1c(C)[nH]c(C(=O)Nc2cc(C(C)(C)C)nn2-c2ncccn2)c1C. The van der Waals surface area contributed by atoms with Gasteiger partial charge in [0, 0.05) is 36.7 Å². The van der Waals surface area contributed by atoms with Crippen molar-refractivity contribution in [1.29, 1.82) is 0 Å². The highest BCUT2D eigenvalue weighted by atomic mass is 16.6. The summed E-state index contributed by atoms with van der Waals surface area (Å²) in [4.78, 5) is 37.0. The van der Waals surface area contributed by atoms with Gasteiger partial charge < -0.3 is 19.8 Å². The number of esters is 1. The molecule has 2 N–H and O–H groups in total. The maximum Gasteiger partial charge on any atom is 0.340 e. The first kappa shape index (κ1) is 23.1. The van der Waals surface area contributed by atoms with Crippen LogP contribution < -0.4 is 5.32 Å². The highest BCUT2D eigenvalue weighted by Gasteiger charge is 2.26. The number of amides is 1. The Balaban J connectivity index is 1.92. The van der Waals surface area contributed by atoms with E-state index in [-0.39, 0.29) is 17.7 Å². The van der Waals surface area contributed by atoms with Gasteiger partial charge in [0.1, 0.15) is 18.1 Å². The van der Waals surface area contributed by atoms with Gasteiger partial charge in [-0.1, -0.05) is 20.8 Å².